The normalized spacial score (nSPS) is 11.5. The van der Waals surface area contributed by atoms with E-state index in [-0.39, 0.29) is 5.97 Å². The van der Waals surface area contributed by atoms with E-state index in [1.54, 1.807) is 0 Å². The Labute approximate surface area is 128 Å². The van der Waals surface area contributed by atoms with Gasteiger partial charge in [0, 0.05) is 17.2 Å². The van der Waals surface area contributed by atoms with Crippen LogP contribution in [0.2, 0.25) is 0 Å². The Morgan fingerprint density at radius 3 is 2.23 bits per heavy atom. The number of carbonyl (C=O) groups is 1. The molecule has 0 aliphatic heterocycles. The summed E-state index contributed by atoms with van der Waals surface area (Å²) in [6.07, 6.45) is 1.24. The molecule has 0 N–H and O–H groups in total. The van der Waals surface area contributed by atoms with E-state index in [1.807, 2.05) is 19.1 Å². The van der Waals surface area contributed by atoms with E-state index in [0.717, 1.165) is 11.8 Å². The van der Waals surface area contributed by atoms with E-state index in [2.05, 4.69) is 42.5 Å². The molecule has 4 aromatic carbocycles. The minimum atomic E-state index is -0.169. The molecule has 0 bridgehead atoms. The first-order chi connectivity index (χ1) is 10.8. The van der Waals surface area contributed by atoms with Gasteiger partial charge in [-0.25, -0.2) is 0 Å². The first-order valence-corrected chi connectivity index (χ1v) is 7.65. The predicted molar refractivity (Wildman–Crippen MR) is 90.7 cm³/mol. The zero-order chi connectivity index (χ0) is 15.1. The van der Waals surface area contributed by atoms with Crippen molar-refractivity contribution >= 4 is 38.3 Å². The molecule has 0 aliphatic carbocycles. The summed E-state index contributed by atoms with van der Waals surface area (Å²) in [5.41, 5.74) is 0. The van der Waals surface area contributed by atoms with Crippen LogP contribution in [-0.4, -0.2) is 5.97 Å². The van der Waals surface area contributed by atoms with Crippen molar-refractivity contribution in [3.05, 3.63) is 54.6 Å². The van der Waals surface area contributed by atoms with Gasteiger partial charge in [-0.3, -0.25) is 4.79 Å². The highest BCUT2D eigenvalue weighted by atomic mass is 16.5. The van der Waals surface area contributed by atoms with Crippen LogP contribution in [0, 0.1) is 0 Å². The average molecular weight is 288 g/mol. The molecular weight excluding hydrogens is 272 g/mol. The highest BCUT2D eigenvalue weighted by molar-refractivity contribution is 6.24. The van der Waals surface area contributed by atoms with Gasteiger partial charge >= 0.3 is 5.97 Å². The van der Waals surface area contributed by atoms with Gasteiger partial charge in [0.05, 0.1) is 0 Å². The maximum absolute atomic E-state index is 11.8. The molecule has 22 heavy (non-hydrogen) atoms. The summed E-state index contributed by atoms with van der Waals surface area (Å²) < 4.78 is 5.57. The molecule has 0 fully saturated rings. The number of ether oxygens (including phenoxy) is 1. The lowest BCUT2D eigenvalue weighted by atomic mass is 9.94. The third-order valence-corrected chi connectivity index (χ3v) is 4.17. The molecule has 0 saturated carbocycles. The number of benzene rings is 4. The Hall–Kier alpha value is -2.61. The molecule has 0 amide bonds. The van der Waals surface area contributed by atoms with Crippen molar-refractivity contribution in [2.24, 2.45) is 0 Å². The van der Waals surface area contributed by atoms with Crippen molar-refractivity contribution in [1.82, 2.24) is 0 Å². The summed E-state index contributed by atoms with van der Waals surface area (Å²) in [6, 6.07) is 18.7. The maximum atomic E-state index is 11.8. The summed E-state index contributed by atoms with van der Waals surface area (Å²) in [7, 11) is 0. The lowest BCUT2D eigenvalue weighted by molar-refractivity contribution is -0.134. The van der Waals surface area contributed by atoms with Crippen molar-refractivity contribution in [1.29, 1.82) is 0 Å². The summed E-state index contributed by atoms with van der Waals surface area (Å²) >= 11 is 0. The smallest absolute Gasteiger partial charge is 0.311 e. The van der Waals surface area contributed by atoms with E-state index in [9.17, 15) is 4.79 Å². The van der Waals surface area contributed by atoms with Crippen molar-refractivity contribution < 1.29 is 9.53 Å². The second-order valence-electron chi connectivity index (χ2n) is 5.64. The molecule has 0 spiro atoms. The third kappa shape index (κ3) is 1.92. The Morgan fingerprint density at radius 2 is 1.50 bits per heavy atom. The van der Waals surface area contributed by atoms with Crippen molar-refractivity contribution in [2.45, 2.75) is 19.8 Å². The Kier molecular flexibility index (Phi) is 2.97. The van der Waals surface area contributed by atoms with Crippen molar-refractivity contribution in [3.63, 3.8) is 0 Å². The van der Waals surface area contributed by atoms with Gasteiger partial charge in [-0.2, -0.15) is 0 Å². The van der Waals surface area contributed by atoms with E-state index >= 15 is 0 Å². The molecule has 2 heteroatoms. The summed E-state index contributed by atoms with van der Waals surface area (Å²) in [5.74, 6) is 0.488. The second kappa shape index (κ2) is 4.99. The van der Waals surface area contributed by atoms with E-state index in [4.69, 9.17) is 4.74 Å². The lowest BCUT2D eigenvalue weighted by Gasteiger charge is -2.13. The zero-order valence-electron chi connectivity index (χ0n) is 12.4. The molecule has 0 radical (unpaired) electrons. The average Bonchev–Trinajstić information content (AvgIpc) is 2.54. The molecule has 2 nitrogen and oxygen atoms in total. The van der Waals surface area contributed by atoms with Gasteiger partial charge in [0.2, 0.25) is 0 Å². The van der Waals surface area contributed by atoms with E-state index in [1.165, 1.54) is 26.9 Å². The molecule has 0 atom stereocenters. The van der Waals surface area contributed by atoms with Gasteiger partial charge in [-0.1, -0.05) is 49.4 Å². The second-order valence-corrected chi connectivity index (χ2v) is 5.64. The monoisotopic (exact) mass is 288 g/mol. The minimum absolute atomic E-state index is 0.169. The van der Waals surface area contributed by atoms with Gasteiger partial charge in [0.1, 0.15) is 5.75 Å². The summed E-state index contributed by atoms with van der Waals surface area (Å²) in [4.78, 5) is 11.8. The van der Waals surface area contributed by atoms with Crippen LogP contribution in [0.15, 0.2) is 54.6 Å². The van der Waals surface area contributed by atoms with Gasteiger partial charge in [0.15, 0.2) is 0 Å². The molecule has 0 unspecified atom stereocenters. The van der Waals surface area contributed by atoms with Crippen LogP contribution >= 0.6 is 0 Å². The highest BCUT2D eigenvalue weighted by Crippen LogP contribution is 2.38. The Bertz CT molecular complexity index is 969. The molecular formula is C20H16O2. The van der Waals surface area contributed by atoms with Crippen LogP contribution in [0.4, 0.5) is 0 Å². The SMILES string of the molecule is CCCC(=O)Oc1ccc2ccc3cccc4ccc1c2c34. The number of hydrogen-bond donors (Lipinski definition) is 0. The minimum Gasteiger partial charge on any atom is -0.426 e. The van der Waals surface area contributed by atoms with Crippen molar-refractivity contribution in [2.75, 3.05) is 0 Å². The van der Waals surface area contributed by atoms with Crippen molar-refractivity contribution in [3.8, 4) is 5.75 Å². The molecule has 0 aliphatic rings. The van der Waals surface area contributed by atoms with Crippen LogP contribution in [-0.2, 0) is 4.79 Å². The fraction of sp³-hybridized carbons (Fsp3) is 0.150. The summed E-state index contributed by atoms with van der Waals surface area (Å²) in [6.45, 7) is 1.98. The molecule has 0 saturated heterocycles. The maximum Gasteiger partial charge on any atom is 0.311 e. The van der Waals surface area contributed by atoms with Gasteiger partial charge in [-0.05, 0) is 40.1 Å². The predicted octanol–water partition coefficient (Wildman–Crippen LogP) is 5.29. The number of esters is 1. The quantitative estimate of drug-likeness (QED) is 0.291. The van der Waals surface area contributed by atoms with E-state index < -0.39 is 0 Å². The topological polar surface area (TPSA) is 26.3 Å². The largest absolute Gasteiger partial charge is 0.426 e. The number of carbonyl (C=O) groups excluding carboxylic acids is 1. The molecule has 0 heterocycles. The first-order valence-electron chi connectivity index (χ1n) is 7.65. The molecule has 108 valence electrons. The van der Waals surface area contributed by atoms with Crippen LogP contribution in [0.1, 0.15) is 19.8 Å². The summed E-state index contributed by atoms with van der Waals surface area (Å²) in [5, 5.41) is 7.03. The van der Waals surface area contributed by atoms with Gasteiger partial charge in [-0.15, -0.1) is 0 Å². The molecule has 4 aromatic rings. The highest BCUT2D eigenvalue weighted by Gasteiger charge is 2.13. The van der Waals surface area contributed by atoms with Crippen LogP contribution in [0.3, 0.4) is 0 Å². The van der Waals surface area contributed by atoms with Gasteiger partial charge < -0.3 is 4.74 Å². The Morgan fingerprint density at radius 1 is 0.864 bits per heavy atom. The number of rotatable bonds is 3. The molecule has 4 rings (SSSR count). The van der Waals surface area contributed by atoms with Crippen LogP contribution in [0.5, 0.6) is 5.75 Å². The fourth-order valence-corrected chi connectivity index (χ4v) is 3.18. The Balaban J connectivity index is 2.02. The van der Waals surface area contributed by atoms with E-state index in [0.29, 0.717) is 12.2 Å². The fourth-order valence-electron chi connectivity index (χ4n) is 3.18. The lowest BCUT2D eigenvalue weighted by Crippen LogP contribution is -2.07. The zero-order valence-corrected chi connectivity index (χ0v) is 12.4. The van der Waals surface area contributed by atoms with Crippen LogP contribution in [0.25, 0.3) is 32.3 Å². The third-order valence-electron chi connectivity index (χ3n) is 4.17. The first kappa shape index (κ1) is 13.1. The standard InChI is InChI=1S/C20H16O2/c1-2-4-18(21)22-17-12-10-15-8-7-13-5-3-6-14-9-11-16(17)20(15)19(13)14/h3,5-12H,2,4H2,1H3. The van der Waals surface area contributed by atoms with Crippen LogP contribution < -0.4 is 4.74 Å². The number of hydrogen-bond acceptors (Lipinski definition) is 2. The van der Waals surface area contributed by atoms with Gasteiger partial charge in [0.25, 0.3) is 0 Å². The molecule has 0 aromatic heterocycles.